The van der Waals surface area contributed by atoms with E-state index in [1.54, 1.807) is 0 Å². The molecule has 5 nitrogen and oxygen atoms in total. The summed E-state index contributed by atoms with van der Waals surface area (Å²) in [4.78, 5) is 13.6. The SMILES string of the molecule is NC(=O)C1=[N+]NC=N1. The first-order valence-corrected chi connectivity index (χ1v) is 1.96. The highest BCUT2D eigenvalue weighted by Gasteiger charge is 2.20. The van der Waals surface area contributed by atoms with Crippen LogP contribution in [0.2, 0.25) is 0 Å². The summed E-state index contributed by atoms with van der Waals surface area (Å²) in [5.41, 5.74) is 7.12. The van der Waals surface area contributed by atoms with Crippen molar-refractivity contribution in [2.45, 2.75) is 0 Å². The van der Waals surface area contributed by atoms with Crippen molar-refractivity contribution in [1.82, 2.24) is 10.5 Å². The van der Waals surface area contributed by atoms with Crippen LogP contribution < -0.4 is 16.3 Å². The number of carbonyl (C=O) groups excluding carboxylic acids is 1. The van der Waals surface area contributed by atoms with Crippen LogP contribution >= 0.6 is 0 Å². The summed E-state index contributed by atoms with van der Waals surface area (Å²) in [6, 6.07) is 0. The number of hydrazone groups is 1. The quantitative estimate of drug-likeness (QED) is 0.402. The first kappa shape index (κ1) is 4.76. The smallest absolute Gasteiger partial charge is 0.359 e. The van der Waals surface area contributed by atoms with Crippen LogP contribution in [0.3, 0.4) is 0 Å². The van der Waals surface area contributed by atoms with Gasteiger partial charge in [0.05, 0.1) is 5.10 Å². The standard InChI is InChI=1S/C3H4N4O/c4-2(8)3-5-1-6-7-3/h1H,(H2,4,8)(H,5,6)/q+1. The molecule has 0 spiro atoms. The number of amides is 1. The first-order valence-electron chi connectivity index (χ1n) is 1.96. The second kappa shape index (κ2) is 1.61. The second-order valence-electron chi connectivity index (χ2n) is 1.19. The van der Waals surface area contributed by atoms with Gasteiger partial charge in [0.2, 0.25) is 6.34 Å². The zero-order chi connectivity index (χ0) is 5.98. The third-order valence-corrected chi connectivity index (χ3v) is 0.635. The molecular weight excluding hydrogens is 108 g/mol. The minimum atomic E-state index is -0.619. The maximum Gasteiger partial charge on any atom is 0.454 e. The van der Waals surface area contributed by atoms with Gasteiger partial charge in [-0.3, -0.25) is 4.79 Å². The van der Waals surface area contributed by atoms with Gasteiger partial charge < -0.3 is 5.73 Å². The highest BCUT2D eigenvalue weighted by molar-refractivity contribution is 6.38. The molecule has 1 radical (unpaired) electrons. The molecule has 0 aromatic heterocycles. The molecule has 0 fully saturated rings. The Labute approximate surface area is 45.3 Å². The van der Waals surface area contributed by atoms with Crippen molar-refractivity contribution >= 4 is 18.1 Å². The maximum absolute atomic E-state index is 10.1. The number of rotatable bonds is 1. The predicted molar refractivity (Wildman–Crippen MR) is 28.0 cm³/mol. The number of primary amides is 1. The third-order valence-electron chi connectivity index (χ3n) is 0.635. The van der Waals surface area contributed by atoms with Crippen LogP contribution in [0, 0.1) is 0 Å². The van der Waals surface area contributed by atoms with Gasteiger partial charge in [-0.1, -0.05) is 0 Å². The fraction of sp³-hybridized carbons (Fsp3) is 0. The summed E-state index contributed by atoms with van der Waals surface area (Å²) in [7, 11) is 0. The zero-order valence-electron chi connectivity index (χ0n) is 3.96. The molecular formula is C3H4N4O+. The number of nitrogens with zero attached hydrogens (tertiary/aromatic N) is 2. The van der Waals surface area contributed by atoms with E-state index in [9.17, 15) is 4.79 Å². The number of nitrogens with one attached hydrogen (secondary N) is 1. The molecule has 0 saturated heterocycles. The Morgan fingerprint density at radius 1 is 2.00 bits per heavy atom. The molecule has 1 rings (SSSR count). The van der Waals surface area contributed by atoms with Gasteiger partial charge in [-0.2, -0.15) is 0 Å². The van der Waals surface area contributed by atoms with E-state index in [0.29, 0.717) is 0 Å². The molecule has 0 saturated carbocycles. The number of hydrogen-bond acceptors (Lipinski definition) is 4. The first-order chi connectivity index (χ1) is 3.80. The van der Waals surface area contributed by atoms with Gasteiger partial charge in [0, 0.05) is 0 Å². The lowest BCUT2D eigenvalue weighted by atomic mass is 10.6. The van der Waals surface area contributed by atoms with Crippen molar-refractivity contribution in [1.29, 1.82) is 0 Å². The second-order valence-corrected chi connectivity index (χ2v) is 1.19. The molecule has 3 N–H and O–H groups in total. The highest BCUT2D eigenvalue weighted by atomic mass is 16.1. The number of amidine groups is 1. The Kier molecular flexibility index (Phi) is 0.957. The zero-order valence-corrected chi connectivity index (χ0v) is 3.96. The summed E-state index contributed by atoms with van der Waals surface area (Å²) in [5.74, 6) is -0.601. The lowest BCUT2D eigenvalue weighted by molar-refractivity contribution is -0.112. The lowest BCUT2D eigenvalue weighted by Crippen LogP contribution is -2.25. The number of hydrogen-bond donors (Lipinski definition) is 2. The average Bonchev–Trinajstić information content (AvgIpc) is 2.12. The molecule has 5 heteroatoms. The van der Waals surface area contributed by atoms with Gasteiger partial charge in [-0.15, -0.1) is 5.43 Å². The van der Waals surface area contributed by atoms with Crippen molar-refractivity contribution in [3.8, 4) is 0 Å². The molecule has 0 aromatic rings. The summed E-state index contributed by atoms with van der Waals surface area (Å²) in [6.07, 6.45) is 1.29. The topological polar surface area (TPSA) is 81.6 Å². The Balaban J connectivity index is 2.72. The maximum atomic E-state index is 10.1. The van der Waals surface area contributed by atoms with Gasteiger partial charge >= 0.3 is 11.7 Å². The van der Waals surface area contributed by atoms with Gasteiger partial charge in [0.1, 0.15) is 0 Å². The van der Waals surface area contributed by atoms with Crippen LogP contribution in [-0.2, 0) is 4.79 Å². The Morgan fingerprint density at radius 2 is 2.75 bits per heavy atom. The molecule has 0 bridgehead atoms. The van der Waals surface area contributed by atoms with Crippen LogP contribution in [0.25, 0.3) is 0 Å². The number of carbonyl (C=O) groups is 1. The summed E-state index contributed by atoms with van der Waals surface area (Å²) in [5, 5.41) is 3.41. The van der Waals surface area contributed by atoms with E-state index in [1.165, 1.54) is 6.34 Å². The number of aliphatic imine (C=N–C) groups is 1. The van der Waals surface area contributed by atoms with Crippen molar-refractivity contribution < 1.29 is 4.79 Å². The highest BCUT2D eigenvalue weighted by Crippen LogP contribution is 1.72. The van der Waals surface area contributed by atoms with Gasteiger partial charge in [0.25, 0.3) is 0 Å². The van der Waals surface area contributed by atoms with Crippen LogP contribution in [-0.4, -0.2) is 18.1 Å². The van der Waals surface area contributed by atoms with Crippen LogP contribution in [0.15, 0.2) is 4.99 Å². The molecule has 1 aliphatic heterocycles. The largest absolute Gasteiger partial charge is 0.454 e. The minimum absolute atomic E-state index is 0.0185. The van der Waals surface area contributed by atoms with Crippen LogP contribution in [0.4, 0.5) is 0 Å². The molecule has 41 valence electrons. The van der Waals surface area contributed by atoms with Crippen LogP contribution in [0.5, 0.6) is 0 Å². The van der Waals surface area contributed by atoms with E-state index in [-0.39, 0.29) is 5.84 Å². The molecule has 1 amide bonds. The van der Waals surface area contributed by atoms with E-state index in [1.807, 2.05) is 0 Å². The molecule has 0 unspecified atom stereocenters. The van der Waals surface area contributed by atoms with E-state index >= 15 is 0 Å². The molecule has 0 aliphatic carbocycles. The lowest BCUT2D eigenvalue weighted by Gasteiger charge is -1.68. The Morgan fingerprint density at radius 3 is 3.00 bits per heavy atom. The fourth-order valence-corrected chi connectivity index (χ4v) is 0.328. The predicted octanol–water partition coefficient (Wildman–Crippen LogP) is -2.25. The van der Waals surface area contributed by atoms with Crippen molar-refractivity contribution in [3.05, 3.63) is 0 Å². The van der Waals surface area contributed by atoms with Gasteiger partial charge in [0.15, 0.2) is 0 Å². The summed E-state index contributed by atoms with van der Waals surface area (Å²) in [6.45, 7) is 0. The molecule has 1 aliphatic rings. The van der Waals surface area contributed by atoms with Crippen molar-refractivity contribution in [3.63, 3.8) is 0 Å². The monoisotopic (exact) mass is 112 g/mol. The number of nitrogens with two attached hydrogens (primary N) is 1. The fourth-order valence-electron chi connectivity index (χ4n) is 0.328. The van der Waals surface area contributed by atoms with E-state index in [4.69, 9.17) is 5.73 Å². The molecule has 0 aromatic carbocycles. The summed E-state index contributed by atoms with van der Waals surface area (Å²) >= 11 is 0. The third kappa shape index (κ3) is 0.651. The van der Waals surface area contributed by atoms with Gasteiger partial charge in [-0.25, -0.2) is 0 Å². The molecule has 8 heavy (non-hydrogen) atoms. The van der Waals surface area contributed by atoms with Gasteiger partial charge in [-0.05, 0) is 4.99 Å². The van der Waals surface area contributed by atoms with E-state index in [0.717, 1.165) is 0 Å². The molecule has 0 atom stereocenters. The Hall–Kier alpha value is -1.39. The molecule has 1 heterocycles. The normalized spacial score (nSPS) is 15.2. The van der Waals surface area contributed by atoms with Crippen LogP contribution in [0.1, 0.15) is 0 Å². The Bertz CT molecular complexity index is 170. The average molecular weight is 112 g/mol. The van der Waals surface area contributed by atoms with E-state index < -0.39 is 5.91 Å². The van der Waals surface area contributed by atoms with Crippen molar-refractivity contribution in [2.75, 3.05) is 0 Å². The summed E-state index contributed by atoms with van der Waals surface area (Å²) < 4.78 is 0. The minimum Gasteiger partial charge on any atom is -0.359 e. The van der Waals surface area contributed by atoms with E-state index in [2.05, 4.69) is 15.5 Å². The van der Waals surface area contributed by atoms with Crippen molar-refractivity contribution in [2.24, 2.45) is 10.7 Å².